The Hall–Kier alpha value is -2.03. The molecule has 0 radical (unpaired) electrons. The summed E-state index contributed by atoms with van der Waals surface area (Å²) in [6, 6.07) is -0.0140. The van der Waals surface area contributed by atoms with Crippen LogP contribution in [0.2, 0.25) is 5.28 Å². The van der Waals surface area contributed by atoms with Crippen LogP contribution in [-0.4, -0.2) is 86.3 Å². The third-order valence-corrected chi connectivity index (χ3v) is 6.16. The molecule has 0 amide bonds. The van der Waals surface area contributed by atoms with E-state index in [9.17, 15) is 15.3 Å². The zero-order chi connectivity index (χ0) is 21.4. The molecule has 3 aromatic heterocycles. The number of imidazole rings is 1. The van der Waals surface area contributed by atoms with Crippen molar-refractivity contribution in [3.05, 3.63) is 17.9 Å². The molecule has 5 atom stereocenters. The van der Waals surface area contributed by atoms with Gasteiger partial charge < -0.3 is 29.9 Å². The molecule has 14 heteroatoms. The molecule has 0 aliphatic carbocycles. The molecule has 4 heterocycles. The molecule has 0 bridgehead atoms. The Labute approximate surface area is 180 Å². The number of thioether (sulfide) groups is 1. The number of aliphatic hydroxyl groups is 3. The van der Waals surface area contributed by atoms with Crippen LogP contribution < -0.4 is 5.32 Å². The van der Waals surface area contributed by atoms with Crippen LogP contribution >= 0.6 is 23.4 Å². The van der Waals surface area contributed by atoms with E-state index < -0.39 is 31.1 Å². The summed E-state index contributed by atoms with van der Waals surface area (Å²) >= 11 is 7.66. The molecule has 1 aliphatic rings. The summed E-state index contributed by atoms with van der Waals surface area (Å²) in [5.41, 5.74) is 0.771. The fourth-order valence-corrected chi connectivity index (χ4v) is 4.17. The minimum absolute atomic E-state index is 0.00773. The minimum atomic E-state index is -1.26. The van der Waals surface area contributed by atoms with Crippen LogP contribution in [0.25, 0.3) is 11.2 Å². The zero-order valence-corrected chi connectivity index (χ0v) is 17.7. The van der Waals surface area contributed by atoms with Gasteiger partial charge in [0.2, 0.25) is 5.28 Å². The average Bonchev–Trinajstić information content (AvgIpc) is 3.39. The predicted octanol–water partition coefficient (Wildman–Crippen LogP) is -0.188. The van der Waals surface area contributed by atoms with Gasteiger partial charge in [0.05, 0.1) is 12.9 Å². The van der Waals surface area contributed by atoms with Gasteiger partial charge in [-0.1, -0.05) is 11.8 Å². The summed E-state index contributed by atoms with van der Waals surface area (Å²) in [5, 5.41) is 41.6. The number of nitrogens with zero attached hydrogens (tertiary/aromatic N) is 7. The number of ether oxygens (including phenoxy) is 1. The maximum atomic E-state index is 10.3. The number of hydrogen-bond acceptors (Lipinski definition) is 11. The molecule has 0 aromatic carbocycles. The molecule has 12 nitrogen and oxygen atoms in total. The van der Waals surface area contributed by atoms with E-state index in [1.54, 1.807) is 6.33 Å². The molecule has 162 valence electrons. The van der Waals surface area contributed by atoms with E-state index >= 15 is 0 Å². The second kappa shape index (κ2) is 8.61. The SMILES string of the molecule is C[C@H](CSc1nncn1C)Nc1nc(Cl)nc2c1ncn2[C@@H]1O[C@H](CO)[C@@H](O)[C@H]1O. The summed E-state index contributed by atoms with van der Waals surface area (Å²) < 4.78 is 8.87. The van der Waals surface area contributed by atoms with Crippen molar-refractivity contribution >= 4 is 40.3 Å². The lowest BCUT2D eigenvalue weighted by molar-refractivity contribution is -0.0511. The Kier molecular flexibility index (Phi) is 6.09. The first-order valence-electron chi connectivity index (χ1n) is 9.15. The van der Waals surface area contributed by atoms with Gasteiger partial charge in [0.15, 0.2) is 28.4 Å². The average molecular weight is 457 g/mol. The van der Waals surface area contributed by atoms with E-state index in [0.717, 1.165) is 5.16 Å². The van der Waals surface area contributed by atoms with Crippen molar-refractivity contribution in [3.8, 4) is 0 Å². The number of anilines is 1. The van der Waals surface area contributed by atoms with Gasteiger partial charge in [-0.25, -0.2) is 4.98 Å². The van der Waals surface area contributed by atoms with Crippen molar-refractivity contribution in [2.75, 3.05) is 17.7 Å². The normalized spacial score (nSPS) is 25.1. The van der Waals surface area contributed by atoms with Gasteiger partial charge >= 0.3 is 0 Å². The van der Waals surface area contributed by atoms with Crippen LogP contribution in [-0.2, 0) is 11.8 Å². The van der Waals surface area contributed by atoms with E-state index in [1.165, 1.54) is 22.7 Å². The van der Waals surface area contributed by atoms with Gasteiger partial charge in [-0.15, -0.1) is 10.2 Å². The molecule has 1 aliphatic heterocycles. The number of nitrogens with one attached hydrogen (secondary N) is 1. The maximum absolute atomic E-state index is 10.3. The first-order chi connectivity index (χ1) is 14.4. The lowest BCUT2D eigenvalue weighted by atomic mass is 10.1. The minimum Gasteiger partial charge on any atom is -0.394 e. The van der Waals surface area contributed by atoms with Gasteiger partial charge in [-0.3, -0.25) is 4.57 Å². The predicted molar refractivity (Wildman–Crippen MR) is 108 cm³/mol. The van der Waals surface area contributed by atoms with Crippen molar-refractivity contribution in [3.63, 3.8) is 0 Å². The molecule has 0 spiro atoms. The van der Waals surface area contributed by atoms with Crippen LogP contribution in [0.4, 0.5) is 5.82 Å². The van der Waals surface area contributed by atoms with Crippen molar-refractivity contribution in [1.82, 2.24) is 34.3 Å². The number of rotatable bonds is 7. The monoisotopic (exact) mass is 456 g/mol. The quantitative estimate of drug-likeness (QED) is 0.276. The molecule has 1 fully saturated rings. The summed E-state index contributed by atoms with van der Waals surface area (Å²) in [4.78, 5) is 12.8. The van der Waals surface area contributed by atoms with Gasteiger partial charge in [0.25, 0.3) is 0 Å². The topological polar surface area (TPSA) is 156 Å². The largest absolute Gasteiger partial charge is 0.394 e. The van der Waals surface area contributed by atoms with Crippen LogP contribution in [0.1, 0.15) is 13.2 Å². The lowest BCUT2D eigenvalue weighted by Gasteiger charge is -2.17. The second-order valence-corrected chi connectivity index (χ2v) is 8.30. The first-order valence-corrected chi connectivity index (χ1v) is 10.5. The maximum Gasteiger partial charge on any atom is 0.226 e. The number of hydrogen-bond donors (Lipinski definition) is 4. The molecular weight excluding hydrogens is 436 g/mol. The molecule has 4 N–H and O–H groups in total. The number of fused-ring (bicyclic) bond motifs is 1. The van der Waals surface area contributed by atoms with Crippen LogP contribution in [0, 0.1) is 0 Å². The van der Waals surface area contributed by atoms with Gasteiger partial charge in [0.1, 0.15) is 24.6 Å². The zero-order valence-electron chi connectivity index (χ0n) is 16.1. The third kappa shape index (κ3) is 3.96. The summed E-state index contributed by atoms with van der Waals surface area (Å²) in [6.45, 7) is 1.55. The number of aromatic nitrogens is 7. The van der Waals surface area contributed by atoms with Crippen LogP contribution in [0.15, 0.2) is 17.8 Å². The Morgan fingerprint density at radius 1 is 1.30 bits per heavy atom. The van der Waals surface area contributed by atoms with E-state index in [2.05, 4.69) is 30.5 Å². The highest BCUT2D eigenvalue weighted by molar-refractivity contribution is 7.99. The fraction of sp³-hybridized carbons (Fsp3) is 0.562. The molecular formula is C16H21ClN8O4S. The highest BCUT2D eigenvalue weighted by Crippen LogP contribution is 2.33. The molecule has 30 heavy (non-hydrogen) atoms. The summed E-state index contributed by atoms with van der Waals surface area (Å²) in [6.07, 6.45) is -1.30. The Balaban J connectivity index is 1.56. The number of halogens is 1. The number of aryl methyl sites for hydroxylation is 1. The molecule has 4 rings (SSSR count). The molecule has 1 saturated heterocycles. The van der Waals surface area contributed by atoms with Crippen LogP contribution in [0.3, 0.4) is 0 Å². The van der Waals surface area contributed by atoms with E-state index in [0.29, 0.717) is 22.7 Å². The first kappa shape index (κ1) is 21.2. The molecule has 3 aromatic rings. The number of aliphatic hydroxyl groups excluding tert-OH is 3. The Bertz CT molecular complexity index is 1030. The smallest absolute Gasteiger partial charge is 0.226 e. The van der Waals surface area contributed by atoms with Crippen molar-refractivity contribution in [1.29, 1.82) is 0 Å². The van der Waals surface area contributed by atoms with Crippen molar-refractivity contribution in [2.45, 2.75) is 42.7 Å². The molecule has 0 unspecified atom stereocenters. The standard InChI is InChI=1S/C16H21ClN8O4S/c1-7(4-30-16-23-19-6-24(16)2)20-12-9-13(22-15(17)21-12)25(5-18-9)14-11(28)10(27)8(3-26)29-14/h5-8,10-11,14,26-28H,3-4H2,1-2H3,(H,20,21,22)/t7-,8-,10-,11-,14-/m1/s1. The van der Waals surface area contributed by atoms with E-state index in [1.807, 2.05) is 18.5 Å². The second-order valence-electron chi connectivity index (χ2n) is 6.97. The van der Waals surface area contributed by atoms with Gasteiger partial charge in [-0.05, 0) is 18.5 Å². The fourth-order valence-electron chi connectivity index (χ4n) is 3.16. The molecule has 0 saturated carbocycles. The van der Waals surface area contributed by atoms with Gasteiger partial charge in [0, 0.05) is 18.8 Å². The van der Waals surface area contributed by atoms with Crippen molar-refractivity contribution < 1.29 is 20.1 Å². The van der Waals surface area contributed by atoms with Crippen LogP contribution in [0.5, 0.6) is 0 Å². The summed E-state index contributed by atoms with van der Waals surface area (Å²) in [5.74, 6) is 1.12. The highest BCUT2D eigenvalue weighted by Gasteiger charge is 2.44. The van der Waals surface area contributed by atoms with E-state index in [-0.39, 0.29) is 11.3 Å². The highest BCUT2D eigenvalue weighted by atomic mass is 35.5. The Morgan fingerprint density at radius 2 is 2.10 bits per heavy atom. The van der Waals surface area contributed by atoms with Crippen molar-refractivity contribution in [2.24, 2.45) is 7.05 Å². The lowest BCUT2D eigenvalue weighted by Crippen LogP contribution is -2.33. The third-order valence-electron chi connectivity index (χ3n) is 4.70. The Morgan fingerprint density at radius 3 is 2.77 bits per heavy atom. The van der Waals surface area contributed by atoms with E-state index in [4.69, 9.17) is 16.3 Å². The summed E-state index contributed by atoms with van der Waals surface area (Å²) in [7, 11) is 1.87. The van der Waals surface area contributed by atoms with Gasteiger partial charge in [-0.2, -0.15) is 9.97 Å².